The van der Waals surface area contributed by atoms with E-state index in [0.717, 1.165) is 25.0 Å². The van der Waals surface area contributed by atoms with Crippen LogP contribution in [-0.2, 0) is 30.7 Å². The molecule has 0 radical (unpaired) electrons. The fourth-order valence-electron chi connectivity index (χ4n) is 4.17. The van der Waals surface area contributed by atoms with Crippen LogP contribution in [0.1, 0.15) is 17.5 Å². The minimum Gasteiger partial charge on any atom is -0.298 e. The van der Waals surface area contributed by atoms with Gasteiger partial charge >= 0.3 is 5.69 Å². The Bertz CT molecular complexity index is 1240. The summed E-state index contributed by atoms with van der Waals surface area (Å²) in [4.78, 5) is 14.7. The summed E-state index contributed by atoms with van der Waals surface area (Å²) >= 11 is 0. The van der Waals surface area contributed by atoms with E-state index in [0.29, 0.717) is 25.2 Å². The third kappa shape index (κ3) is 3.71. The number of imidazole rings is 1. The van der Waals surface area contributed by atoms with Crippen LogP contribution < -0.4 is 5.69 Å². The summed E-state index contributed by atoms with van der Waals surface area (Å²) in [5.41, 5.74) is 3.72. The van der Waals surface area contributed by atoms with Crippen molar-refractivity contribution in [1.82, 2.24) is 18.3 Å². The highest BCUT2D eigenvalue weighted by Crippen LogP contribution is 2.23. The van der Waals surface area contributed by atoms with Gasteiger partial charge in [-0.1, -0.05) is 24.3 Å². The van der Waals surface area contributed by atoms with Gasteiger partial charge in [0.15, 0.2) is 0 Å². The summed E-state index contributed by atoms with van der Waals surface area (Å²) in [6, 6.07) is 13.3. The van der Waals surface area contributed by atoms with Crippen molar-refractivity contribution < 1.29 is 8.42 Å². The third-order valence-electron chi connectivity index (χ3n) is 6.08. The van der Waals surface area contributed by atoms with Gasteiger partial charge < -0.3 is 0 Å². The van der Waals surface area contributed by atoms with Gasteiger partial charge in [0.25, 0.3) is 0 Å². The molecule has 1 aromatic heterocycles. The first-order valence-electron chi connectivity index (χ1n) is 10.2. The second-order valence-electron chi connectivity index (χ2n) is 8.01. The van der Waals surface area contributed by atoms with E-state index in [9.17, 15) is 13.2 Å². The first kappa shape index (κ1) is 20.8. The van der Waals surface area contributed by atoms with Crippen molar-refractivity contribution in [3.05, 3.63) is 64.1 Å². The van der Waals surface area contributed by atoms with Crippen molar-refractivity contribution in [3.63, 3.8) is 0 Å². The molecule has 4 rings (SSSR count). The monoisotopic (exact) mass is 428 g/mol. The molecule has 0 N–H and O–H groups in total. The van der Waals surface area contributed by atoms with Crippen LogP contribution in [0.4, 0.5) is 0 Å². The molecule has 8 heteroatoms. The second-order valence-corrected chi connectivity index (χ2v) is 9.95. The lowest BCUT2D eigenvalue weighted by molar-refractivity contribution is 0.278. The molecular formula is C22H28N4O3S. The van der Waals surface area contributed by atoms with E-state index < -0.39 is 10.0 Å². The fraction of sp³-hybridized carbons (Fsp3) is 0.409. The first-order chi connectivity index (χ1) is 14.3. The van der Waals surface area contributed by atoms with Gasteiger partial charge in [0, 0.05) is 40.3 Å². The second kappa shape index (κ2) is 8.02. The Balaban J connectivity index is 1.55. The topological polar surface area (TPSA) is 67.6 Å². The molecule has 0 aliphatic carbocycles. The maximum atomic E-state index is 13.3. The van der Waals surface area contributed by atoms with Crippen molar-refractivity contribution in [2.24, 2.45) is 14.1 Å². The summed E-state index contributed by atoms with van der Waals surface area (Å²) in [6.45, 7) is 5.46. The lowest BCUT2D eigenvalue weighted by Crippen LogP contribution is -2.35. The van der Waals surface area contributed by atoms with Crippen LogP contribution >= 0.6 is 0 Å². The van der Waals surface area contributed by atoms with Crippen molar-refractivity contribution >= 4 is 21.1 Å². The van der Waals surface area contributed by atoms with Gasteiger partial charge in [-0.05, 0) is 49.2 Å². The number of fused-ring (bicyclic) bond motifs is 1. The summed E-state index contributed by atoms with van der Waals surface area (Å²) in [7, 11) is -0.265. The maximum Gasteiger partial charge on any atom is 0.328 e. The quantitative estimate of drug-likeness (QED) is 0.638. The van der Waals surface area contributed by atoms with E-state index in [1.54, 1.807) is 36.6 Å². The molecule has 2 aromatic carbocycles. The van der Waals surface area contributed by atoms with Gasteiger partial charge in [0.1, 0.15) is 0 Å². The molecule has 7 nitrogen and oxygen atoms in total. The highest BCUT2D eigenvalue weighted by molar-refractivity contribution is 7.89. The highest BCUT2D eigenvalue weighted by atomic mass is 32.2. The number of hydrogen-bond donors (Lipinski definition) is 0. The number of nitrogens with zero attached hydrogens (tertiary/aromatic N) is 4. The van der Waals surface area contributed by atoms with E-state index in [-0.39, 0.29) is 10.6 Å². The molecule has 0 unspecified atom stereocenters. The van der Waals surface area contributed by atoms with E-state index in [2.05, 4.69) is 24.0 Å². The van der Waals surface area contributed by atoms with Crippen LogP contribution in [-0.4, -0.2) is 52.9 Å². The van der Waals surface area contributed by atoms with E-state index in [1.165, 1.54) is 20.3 Å². The Morgan fingerprint density at radius 3 is 2.40 bits per heavy atom. The normalized spacial score (nSPS) is 16.8. The highest BCUT2D eigenvalue weighted by Gasteiger charge is 2.27. The van der Waals surface area contributed by atoms with Crippen LogP contribution in [0.15, 0.2) is 52.2 Å². The van der Waals surface area contributed by atoms with Gasteiger partial charge in [-0.25, -0.2) is 13.2 Å². The molecule has 160 valence electrons. The minimum absolute atomic E-state index is 0.166. The fourth-order valence-corrected chi connectivity index (χ4v) is 5.66. The first-order valence-corrected chi connectivity index (χ1v) is 11.7. The Morgan fingerprint density at radius 2 is 1.63 bits per heavy atom. The lowest BCUT2D eigenvalue weighted by Gasteiger charge is -2.22. The molecule has 3 aromatic rings. The van der Waals surface area contributed by atoms with Crippen molar-refractivity contribution in [2.75, 3.05) is 26.2 Å². The smallest absolute Gasteiger partial charge is 0.298 e. The van der Waals surface area contributed by atoms with Crippen LogP contribution in [0.25, 0.3) is 11.0 Å². The summed E-state index contributed by atoms with van der Waals surface area (Å²) in [6.07, 6.45) is 0.789. The van der Waals surface area contributed by atoms with Crippen LogP contribution in [0.3, 0.4) is 0 Å². The Morgan fingerprint density at radius 1 is 0.900 bits per heavy atom. The van der Waals surface area contributed by atoms with Gasteiger partial charge in [-0.15, -0.1) is 0 Å². The van der Waals surface area contributed by atoms with Crippen LogP contribution in [0, 0.1) is 6.92 Å². The molecule has 1 fully saturated rings. The summed E-state index contributed by atoms with van der Waals surface area (Å²) < 4.78 is 31.2. The van der Waals surface area contributed by atoms with Gasteiger partial charge in [-0.2, -0.15) is 4.31 Å². The molecule has 30 heavy (non-hydrogen) atoms. The number of hydrogen-bond acceptors (Lipinski definition) is 4. The molecule has 0 atom stereocenters. The average Bonchev–Trinajstić information content (AvgIpc) is 2.90. The van der Waals surface area contributed by atoms with Gasteiger partial charge in [0.05, 0.1) is 15.9 Å². The maximum absolute atomic E-state index is 13.3. The van der Waals surface area contributed by atoms with Crippen LogP contribution in [0.2, 0.25) is 0 Å². The van der Waals surface area contributed by atoms with Gasteiger partial charge in [-0.3, -0.25) is 14.0 Å². The molecule has 1 saturated heterocycles. The molecule has 2 heterocycles. The van der Waals surface area contributed by atoms with Crippen molar-refractivity contribution in [3.8, 4) is 0 Å². The molecule has 0 amide bonds. The van der Waals surface area contributed by atoms with Crippen molar-refractivity contribution in [1.29, 1.82) is 0 Å². The zero-order valence-electron chi connectivity index (χ0n) is 17.7. The number of rotatable bonds is 4. The van der Waals surface area contributed by atoms with Crippen LogP contribution in [0.5, 0.6) is 0 Å². The van der Waals surface area contributed by atoms with Crippen molar-refractivity contribution in [2.45, 2.75) is 24.8 Å². The standard InChI is InChI=1S/C22H28N4O3S/c1-17-7-4-5-8-18(17)16-25-11-6-12-26(14-13-25)30(28,29)19-9-10-20-21(15-19)24(3)22(27)23(20)2/h4-5,7-10,15H,6,11-14,16H2,1-3H3. The van der Waals surface area contributed by atoms with E-state index in [1.807, 2.05) is 12.1 Å². The largest absolute Gasteiger partial charge is 0.328 e. The van der Waals surface area contributed by atoms with E-state index in [4.69, 9.17) is 0 Å². The van der Waals surface area contributed by atoms with E-state index >= 15 is 0 Å². The number of benzene rings is 2. The van der Waals surface area contributed by atoms with Gasteiger partial charge in [0.2, 0.25) is 10.0 Å². The Labute approximate surface area is 177 Å². The zero-order valence-corrected chi connectivity index (χ0v) is 18.5. The number of aromatic nitrogens is 2. The Kier molecular flexibility index (Phi) is 5.57. The SMILES string of the molecule is Cc1ccccc1CN1CCCN(S(=O)(=O)c2ccc3c(c2)n(C)c(=O)n3C)CC1. The molecule has 0 bridgehead atoms. The Hall–Kier alpha value is -2.42. The molecule has 1 aliphatic heterocycles. The molecular weight excluding hydrogens is 400 g/mol. The molecule has 1 aliphatic rings. The number of aryl methyl sites for hydroxylation is 3. The minimum atomic E-state index is -3.62. The zero-order chi connectivity index (χ0) is 21.5. The summed E-state index contributed by atoms with van der Waals surface area (Å²) in [5, 5.41) is 0. The molecule has 0 saturated carbocycles. The molecule has 0 spiro atoms. The number of sulfonamides is 1. The lowest BCUT2D eigenvalue weighted by atomic mass is 10.1. The predicted octanol–water partition coefficient (Wildman–Crippen LogP) is 2.08. The third-order valence-corrected chi connectivity index (χ3v) is 7.98. The predicted molar refractivity (Wildman–Crippen MR) is 118 cm³/mol. The summed E-state index contributed by atoms with van der Waals surface area (Å²) in [5.74, 6) is 0. The average molecular weight is 429 g/mol.